The lowest BCUT2D eigenvalue weighted by Crippen LogP contribution is -2.52. The van der Waals surface area contributed by atoms with Gasteiger partial charge >= 0.3 is 0 Å². The highest BCUT2D eigenvalue weighted by atomic mass is 16.6. The molecular formula is C24H43NO3. The zero-order valence-electron chi connectivity index (χ0n) is 19.1. The molecule has 0 bridgehead atoms. The third kappa shape index (κ3) is 6.41. The molecule has 1 atom stereocenters. The molecule has 4 nitrogen and oxygen atoms in total. The van der Waals surface area contributed by atoms with Gasteiger partial charge in [0.2, 0.25) is 0 Å². The maximum atomic E-state index is 5.56. The van der Waals surface area contributed by atoms with E-state index in [2.05, 4.69) is 50.8 Å². The number of piperidine rings is 1. The Balaban J connectivity index is 0.000000203. The van der Waals surface area contributed by atoms with Gasteiger partial charge in [-0.25, -0.2) is 0 Å². The van der Waals surface area contributed by atoms with Crippen LogP contribution < -0.4 is 0 Å². The van der Waals surface area contributed by atoms with Crippen LogP contribution in [0.15, 0.2) is 23.8 Å². The van der Waals surface area contributed by atoms with Crippen LogP contribution in [-0.4, -0.2) is 64.2 Å². The van der Waals surface area contributed by atoms with Crippen molar-refractivity contribution < 1.29 is 14.2 Å². The smallest absolute Gasteiger partial charge is 0.139 e. The van der Waals surface area contributed by atoms with E-state index in [0.717, 1.165) is 37.3 Å². The summed E-state index contributed by atoms with van der Waals surface area (Å²) >= 11 is 0. The number of rotatable bonds is 7. The molecule has 0 aromatic heterocycles. The largest absolute Gasteiger partial charge is 0.383 e. The van der Waals surface area contributed by atoms with Crippen molar-refractivity contribution in [1.29, 1.82) is 0 Å². The second-order valence-electron chi connectivity index (χ2n) is 9.27. The highest BCUT2D eigenvalue weighted by molar-refractivity contribution is 5.34. The molecule has 0 N–H and O–H groups in total. The first-order chi connectivity index (χ1) is 13.4. The van der Waals surface area contributed by atoms with Crippen LogP contribution in [0.5, 0.6) is 0 Å². The van der Waals surface area contributed by atoms with Gasteiger partial charge in [-0.1, -0.05) is 45.9 Å². The molecule has 0 radical (unpaired) electrons. The predicted molar refractivity (Wildman–Crippen MR) is 117 cm³/mol. The molecule has 3 aliphatic rings. The van der Waals surface area contributed by atoms with E-state index >= 15 is 0 Å². The minimum atomic E-state index is -0.140. The van der Waals surface area contributed by atoms with Crippen LogP contribution in [0.25, 0.3) is 0 Å². The maximum absolute atomic E-state index is 5.56. The molecule has 2 heterocycles. The first-order valence-electron chi connectivity index (χ1n) is 11.1. The molecular weight excluding hydrogens is 350 g/mol. The fraction of sp³-hybridized carbons (Fsp3) is 0.833. The SMILES string of the molecule is COC1(C2=CCC(C(C)C)C=C2)COC1.COCCN1CCC(C(C)C)CC1. The molecule has 0 spiro atoms. The van der Waals surface area contributed by atoms with Crippen molar-refractivity contribution in [1.82, 2.24) is 4.90 Å². The normalized spacial score (nSPS) is 25.3. The van der Waals surface area contributed by atoms with E-state index in [4.69, 9.17) is 14.2 Å². The van der Waals surface area contributed by atoms with Gasteiger partial charge in [0.15, 0.2) is 0 Å². The maximum Gasteiger partial charge on any atom is 0.139 e. The Kier molecular flexibility index (Phi) is 9.68. The van der Waals surface area contributed by atoms with Gasteiger partial charge in [-0.3, -0.25) is 0 Å². The summed E-state index contributed by atoms with van der Waals surface area (Å²) in [5, 5.41) is 0. The van der Waals surface area contributed by atoms with Crippen LogP contribution in [-0.2, 0) is 14.2 Å². The van der Waals surface area contributed by atoms with Crippen LogP contribution in [0.1, 0.15) is 47.0 Å². The summed E-state index contributed by atoms with van der Waals surface area (Å²) in [7, 11) is 3.55. The molecule has 162 valence electrons. The van der Waals surface area contributed by atoms with E-state index in [-0.39, 0.29) is 5.60 Å². The Hall–Kier alpha value is -0.680. The Bertz CT molecular complexity index is 494. The number of likely N-dealkylation sites (tertiary alicyclic amines) is 1. The Labute approximate surface area is 173 Å². The van der Waals surface area contributed by atoms with E-state index in [1.54, 1.807) is 14.2 Å². The lowest BCUT2D eigenvalue weighted by atomic mass is 9.81. The zero-order valence-corrected chi connectivity index (χ0v) is 19.1. The summed E-state index contributed by atoms with van der Waals surface area (Å²) in [6, 6.07) is 0. The number of hydrogen-bond donors (Lipinski definition) is 0. The molecule has 0 amide bonds. The van der Waals surface area contributed by atoms with Gasteiger partial charge in [0, 0.05) is 20.8 Å². The summed E-state index contributed by atoms with van der Waals surface area (Å²) in [5.74, 6) is 3.22. The van der Waals surface area contributed by atoms with E-state index in [1.807, 2.05) is 0 Å². The highest BCUT2D eigenvalue weighted by Gasteiger charge is 2.42. The monoisotopic (exact) mass is 393 g/mol. The Morgan fingerprint density at radius 2 is 1.79 bits per heavy atom. The highest BCUT2D eigenvalue weighted by Crippen LogP contribution is 2.35. The van der Waals surface area contributed by atoms with Gasteiger partial charge in [0.25, 0.3) is 0 Å². The molecule has 2 aliphatic heterocycles. The van der Waals surface area contributed by atoms with E-state index in [9.17, 15) is 0 Å². The lowest BCUT2D eigenvalue weighted by Gasteiger charge is -2.42. The first kappa shape index (κ1) is 23.6. The van der Waals surface area contributed by atoms with Crippen molar-refractivity contribution in [2.75, 3.05) is 53.7 Å². The van der Waals surface area contributed by atoms with Gasteiger partial charge in [0.05, 0.1) is 19.8 Å². The van der Waals surface area contributed by atoms with Crippen LogP contribution in [0.3, 0.4) is 0 Å². The van der Waals surface area contributed by atoms with E-state index < -0.39 is 0 Å². The van der Waals surface area contributed by atoms with Crippen molar-refractivity contribution in [2.45, 2.75) is 52.6 Å². The zero-order chi connectivity index (χ0) is 20.6. The standard InChI is InChI=1S/C13H20O2.C11H23NO/c1-10(2)11-4-6-12(7-5-11)13(14-3)8-15-9-13;1-10(2)11-4-6-12(7-5-11)8-9-13-3/h4,6-7,10-11H,5,8-9H2,1-3H3;10-11H,4-9H2,1-3H3. The molecule has 3 rings (SSSR count). The van der Waals surface area contributed by atoms with Crippen LogP contribution >= 0.6 is 0 Å². The summed E-state index contributed by atoms with van der Waals surface area (Å²) in [6.45, 7) is 15.2. The minimum Gasteiger partial charge on any atom is -0.383 e. The topological polar surface area (TPSA) is 30.9 Å². The second-order valence-corrected chi connectivity index (χ2v) is 9.27. The van der Waals surface area contributed by atoms with Crippen LogP contribution in [0, 0.1) is 23.7 Å². The summed E-state index contributed by atoms with van der Waals surface area (Å²) in [4.78, 5) is 2.52. The van der Waals surface area contributed by atoms with Gasteiger partial charge in [0.1, 0.15) is 5.60 Å². The number of hydrogen-bond acceptors (Lipinski definition) is 4. The van der Waals surface area contributed by atoms with Crippen molar-refractivity contribution in [3.05, 3.63) is 23.8 Å². The van der Waals surface area contributed by atoms with Crippen molar-refractivity contribution >= 4 is 0 Å². The van der Waals surface area contributed by atoms with Gasteiger partial charge in [-0.15, -0.1) is 0 Å². The third-order valence-corrected chi connectivity index (χ3v) is 6.76. The molecule has 0 aromatic carbocycles. The molecule has 2 saturated heterocycles. The fourth-order valence-corrected chi connectivity index (χ4v) is 4.22. The quantitative estimate of drug-likeness (QED) is 0.634. The Morgan fingerprint density at radius 3 is 2.18 bits per heavy atom. The number of methoxy groups -OCH3 is 2. The molecule has 2 fully saturated rings. The summed E-state index contributed by atoms with van der Waals surface area (Å²) in [5.41, 5.74) is 1.16. The number of nitrogens with zero attached hydrogens (tertiary/aromatic N) is 1. The van der Waals surface area contributed by atoms with Crippen molar-refractivity contribution in [3.8, 4) is 0 Å². The second kappa shape index (κ2) is 11.5. The number of ether oxygens (including phenoxy) is 3. The average molecular weight is 394 g/mol. The predicted octanol–water partition coefficient (Wildman–Crippen LogP) is 4.56. The van der Waals surface area contributed by atoms with Gasteiger partial charge in [-0.2, -0.15) is 0 Å². The third-order valence-electron chi connectivity index (χ3n) is 6.76. The lowest BCUT2D eigenvalue weighted by molar-refractivity contribution is -0.170. The Morgan fingerprint density at radius 1 is 1.11 bits per heavy atom. The minimum absolute atomic E-state index is 0.140. The van der Waals surface area contributed by atoms with Crippen LogP contribution in [0.2, 0.25) is 0 Å². The van der Waals surface area contributed by atoms with Crippen molar-refractivity contribution in [2.24, 2.45) is 23.7 Å². The molecule has 1 aliphatic carbocycles. The van der Waals surface area contributed by atoms with E-state index in [1.165, 1.54) is 31.5 Å². The fourth-order valence-electron chi connectivity index (χ4n) is 4.22. The molecule has 0 saturated carbocycles. The average Bonchev–Trinajstić information content (AvgIpc) is 2.67. The van der Waals surface area contributed by atoms with Crippen molar-refractivity contribution in [3.63, 3.8) is 0 Å². The van der Waals surface area contributed by atoms with Gasteiger partial charge < -0.3 is 19.1 Å². The van der Waals surface area contributed by atoms with Gasteiger partial charge in [-0.05, 0) is 61.6 Å². The number of allylic oxidation sites excluding steroid dienone is 2. The first-order valence-corrected chi connectivity index (χ1v) is 11.1. The molecule has 28 heavy (non-hydrogen) atoms. The van der Waals surface area contributed by atoms with Crippen LogP contribution in [0.4, 0.5) is 0 Å². The molecule has 0 aromatic rings. The van der Waals surface area contributed by atoms with E-state index in [0.29, 0.717) is 19.1 Å². The molecule has 4 heteroatoms. The summed E-state index contributed by atoms with van der Waals surface area (Å²) in [6.07, 6.45) is 10.7. The molecule has 1 unspecified atom stereocenters. The summed E-state index contributed by atoms with van der Waals surface area (Å²) < 4.78 is 15.9.